The largest absolute Gasteiger partial charge is 0.507 e. The Balaban J connectivity index is 0.00000441. The number of amides is 2. The van der Waals surface area contributed by atoms with Gasteiger partial charge in [0.25, 0.3) is 11.8 Å². The van der Waals surface area contributed by atoms with Crippen LogP contribution in [0.5, 0.6) is 11.5 Å². The van der Waals surface area contributed by atoms with Crippen molar-refractivity contribution in [3.63, 3.8) is 0 Å². The number of benzene rings is 2. The molecule has 2 aromatic carbocycles. The Kier molecular flexibility index (Phi) is 10.9. The van der Waals surface area contributed by atoms with Crippen molar-refractivity contribution < 1.29 is 19.8 Å². The molecule has 1 aromatic heterocycles. The van der Waals surface area contributed by atoms with Crippen LogP contribution in [0.25, 0.3) is 17.1 Å². The highest BCUT2D eigenvalue weighted by Gasteiger charge is 2.26. The average Bonchev–Trinajstić information content (AvgIpc) is 3.37. The standard InChI is InChI=1S/C29H38N6O4.ClH/c1-4-6-15-34(3)29(39)23-17-22(24(36)18-25(23)37)26-32-33-27(28(38)31-5-2)35(26)21-9-7-19(8-10-21)16-20-11-13-30-14-12-20;/h7-10,17-18,20,30,36-37H,4-6,11-16H2,1-3H3,(H,31,38);1H. The van der Waals surface area contributed by atoms with E-state index in [1.165, 1.54) is 16.5 Å². The second kappa shape index (κ2) is 14.1. The maximum Gasteiger partial charge on any atom is 0.289 e. The fourth-order valence-electron chi connectivity index (χ4n) is 4.92. The highest BCUT2D eigenvalue weighted by molar-refractivity contribution is 5.99. The van der Waals surface area contributed by atoms with E-state index in [0.29, 0.717) is 24.7 Å². The molecule has 10 nitrogen and oxygen atoms in total. The molecule has 0 saturated carbocycles. The molecule has 0 atom stereocenters. The summed E-state index contributed by atoms with van der Waals surface area (Å²) < 4.78 is 1.57. The number of carbonyl (C=O) groups excluding carboxylic acids is 2. The van der Waals surface area contributed by atoms with Crippen molar-refractivity contribution in [3.8, 4) is 28.6 Å². The van der Waals surface area contributed by atoms with E-state index in [-0.39, 0.29) is 52.6 Å². The van der Waals surface area contributed by atoms with Crippen LogP contribution in [0.2, 0.25) is 0 Å². The molecule has 0 radical (unpaired) electrons. The number of aromatic hydroxyl groups is 2. The van der Waals surface area contributed by atoms with Crippen molar-refractivity contribution >= 4 is 24.2 Å². The summed E-state index contributed by atoms with van der Waals surface area (Å²) in [5.41, 5.74) is 2.07. The Labute approximate surface area is 241 Å². The SMILES string of the molecule is CCCCN(C)C(=O)c1cc(-c2nnc(C(=O)NCC)n2-c2ccc(CC3CCNCC3)cc2)c(O)cc1O.Cl. The molecule has 3 aromatic rings. The van der Waals surface area contributed by atoms with Crippen LogP contribution in [0.1, 0.15) is 66.1 Å². The topological polar surface area (TPSA) is 133 Å². The number of piperidine rings is 1. The zero-order chi connectivity index (χ0) is 27.9. The van der Waals surface area contributed by atoms with E-state index in [9.17, 15) is 19.8 Å². The first-order valence-electron chi connectivity index (χ1n) is 13.7. The third-order valence-corrected chi connectivity index (χ3v) is 7.16. The number of phenolic OH excluding ortho intramolecular Hbond substituents is 2. The highest BCUT2D eigenvalue weighted by Crippen LogP contribution is 2.36. The van der Waals surface area contributed by atoms with Gasteiger partial charge in [0.1, 0.15) is 11.5 Å². The first-order chi connectivity index (χ1) is 18.8. The summed E-state index contributed by atoms with van der Waals surface area (Å²) >= 11 is 0. The van der Waals surface area contributed by atoms with Crippen LogP contribution in [0.4, 0.5) is 0 Å². The number of phenols is 2. The first kappa shape index (κ1) is 30.9. The van der Waals surface area contributed by atoms with E-state index in [1.807, 2.05) is 38.1 Å². The van der Waals surface area contributed by atoms with Gasteiger partial charge in [0, 0.05) is 31.9 Å². The summed E-state index contributed by atoms with van der Waals surface area (Å²) in [6.07, 6.45) is 5.02. The van der Waals surface area contributed by atoms with Crippen molar-refractivity contribution in [1.29, 1.82) is 0 Å². The van der Waals surface area contributed by atoms with E-state index in [2.05, 4.69) is 20.8 Å². The molecule has 4 N–H and O–H groups in total. The summed E-state index contributed by atoms with van der Waals surface area (Å²) in [7, 11) is 1.67. The second-order valence-corrected chi connectivity index (χ2v) is 10.1. The molecule has 1 aliphatic rings. The number of unbranched alkanes of at least 4 members (excludes halogenated alkanes) is 1. The van der Waals surface area contributed by atoms with E-state index < -0.39 is 5.91 Å². The van der Waals surface area contributed by atoms with Crippen molar-refractivity contribution in [1.82, 2.24) is 30.3 Å². The lowest BCUT2D eigenvalue weighted by Gasteiger charge is -2.22. The number of hydrogen-bond acceptors (Lipinski definition) is 7. The smallest absolute Gasteiger partial charge is 0.289 e. The normalized spacial score (nSPS) is 13.5. The molecule has 1 aliphatic heterocycles. The predicted octanol–water partition coefficient (Wildman–Crippen LogP) is 3.93. The van der Waals surface area contributed by atoms with Gasteiger partial charge in [-0.05, 0) is 75.4 Å². The first-order valence-corrected chi connectivity index (χ1v) is 13.7. The van der Waals surface area contributed by atoms with Crippen LogP contribution in [-0.2, 0) is 6.42 Å². The fourth-order valence-corrected chi connectivity index (χ4v) is 4.92. The van der Waals surface area contributed by atoms with Gasteiger partial charge in [0.05, 0.1) is 11.1 Å². The molecule has 1 saturated heterocycles. The predicted molar refractivity (Wildman–Crippen MR) is 157 cm³/mol. The Hall–Kier alpha value is -3.63. The summed E-state index contributed by atoms with van der Waals surface area (Å²) in [4.78, 5) is 27.5. The third-order valence-electron chi connectivity index (χ3n) is 7.16. The van der Waals surface area contributed by atoms with Crippen molar-refractivity contribution in [2.24, 2.45) is 5.92 Å². The maximum atomic E-state index is 13.1. The van der Waals surface area contributed by atoms with Gasteiger partial charge in [-0.15, -0.1) is 22.6 Å². The van der Waals surface area contributed by atoms with Crippen molar-refractivity contribution in [2.75, 3.05) is 33.2 Å². The summed E-state index contributed by atoms with van der Waals surface area (Å²) in [5, 5.41) is 35.9. The lowest BCUT2D eigenvalue weighted by molar-refractivity contribution is 0.0790. The molecule has 40 heavy (non-hydrogen) atoms. The van der Waals surface area contributed by atoms with Gasteiger partial charge in [-0.1, -0.05) is 25.5 Å². The fraction of sp³-hybridized carbons (Fsp3) is 0.448. The van der Waals surface area contributed by atoms with Gasteiger partial charge >= 0.3 is 0 Å². The van der Waals surface area contributed by atoms with Crippen LogP contribution >= 0.6 is 12.4 Å². The lowest BCUT2D eigenvalue weighted by Crippen LogP contribution is -2.28. The Morgan fingerprint density at radius 1 is 1.07 bits per heavy atom. The number of hydrogen-bond donors (Lipinski definition) is 4. The van der Waals surface area contributed by atoms with Gasteiger partial charge in [-0.3, -0.25) is 14.2 Å². The number of nitrogens with one attached hydrogen (secondary N) is 2. The van der Waals surface area contributed by atoms with Crippen LogP contribution in [0.3, 0.4) is 0 Å². The number of carbonyl (C=O) groups is 2. The Morgan fingerprint density at radius 3 is 2.42 bits per heavy atom. The molecule has 1 fully saturated rings. The second-order valence-electron chi connectivity index (χ2n) is 10.1. The van der Waals surface area contributed by atoms with Gasteiger partial charge in [0.2, 0.25) is 5.82 Å². The molecule has 0 aliphatic carbocycles. The number of nitrogens with zero attached hydrogens (tertiary/aromatic N) is 4. The summed E-state index contributed by atoms with van der Waals surface area (Å²) in [6, 6.07) is 10.4. The van der Waals surface area contributed by atoms with Crippen LogP contribution in [-0.4, -0.2) is 74.9 Å². The monoisotopic (exact) mass is 570 g/mol. The molecular weight excluding hydrogens is 532 g/mol. The molecule has 0 unspecified atom stereocenters. The quantitative estimate of drug-likeness (QED) is 0.290. The minimum absolute atomic E-state index is 0. The Morgan fingerprint density at radius 2 is 1.77 bits per heavy atom. The number of aromatic nitrogens is 3. The molecule has 2 amide bonds. The van der Waals surface area contributed by atoms with Crippen molar-refractivity contribution in [3.05, 3.63) is 53.3 Å². The minimum Gasteiger partial charge on any atom is -0.507 e. The maximum absolute atomic E-state index is 13.1. The molecule has 216 valence electrons. The summed E-state index contributed by atoms with van der Waals surface area (Å²) in [5.74, 6) is -0.526. The minimum atomic E-state index is -0.413. The number of halogens is 1. The average molecular weight is 571 g/mol. The van der Waals surface area contributed by atoms with Crippen LogP contribution in [0.15, 0.2) is 36.4 Å². The highest BCUT2D eigenvalue weighted by atomic mass is 35.5. The molecule has 0 bridgehead atoms. The van der Waals surface area contributed by atoms with Crippen LogP contribution in [0, 0.1) is 5.92 Å². The van der Waals surface area contributed by atoms with E-state index in [1.54, 1.807) is 11.6 Å². The molecular formula is C29H39ClN6O4. The van der Waals surface area contributed by atoms with E-state index >= 15 is 0 Å². The zero-order valence-corrected chi connectivity index (χ0v) is 24.1. The lowest BCUT2D eigenvalue weighted by atomic mass is 9.91. The van der Waals surface area contributed by atoms with E-state index in [0.717, 1.165) is 51.3 Å². The summed E-state index contributed by atoms with van der Waals surface area (Å²) in [6.45, 7) is 6.87. The van der Waals surface area contributed by atoms with Gasteiger partial charge in [0.15, 0.2) is 5.82 Å². The number of rotatable bonds is 10. The van der Waals surface area contributed by atoms with Crippen molar-refractivity contribution in [2.45, 2.75) is 46.0 Å². The van der Waals surface area contributed by atoms with E-state index in [4.69, 9.17) is 0 Å². The molecule has 0 spiro atoms. The molecule has 11 heteroatoms. The van der Waals surface area contributed by atoms with Gasteiger partial charge in [-0.25, -0.2) is 0 Å². The van der Waals surface area contributed by atoms with Gasteiger partial charge in [-0.2, -0.15) is 0 Å². The van der Waals surface area contributed by atoms with Crippen LogP contribution < -0.4 is 10.6 Å². The van der Waals surface area contributed by atoms with Gasteiger partial charge < -0.3 is 25.7 Å². The molecule has 2 heterocycles. The Bertz CT molecular complexity index is 1300. The molecule has 4 rings (SSSR count). The third kappa shape index (κ3) is 6.92. The zero-order valence-electron chi connectivity index (χ0n) is 23.3.